The first kappa shape index (κ1) is 18.0. The molecular formula is C21H19N5O2S. The number of rotatable bonds is 3. The monoisotopic (exact) mass is 405 g/mol. The van der Waals surface area contributed by atoms with Crippen LogP contribution in [0, 0.1) is 0 Å². The van der Waals surface area contributed by atoms with Crippen LogP contribution in [0.15, 0.2) is 59.0 Å². The Kier molecular flexibility index (Phi) is 4.57. The number of carbonyl (C=O) groups is 1. The smallest absolute Gasteiger partial charge is 0.258 e. The first-order valence-corrected chi connectivity index (χ1v) is 10.4. The molecular weight excluding hydrogens is 386 g/mol. The summed E-state index contributed by atoms with van der Waals surface area (Å²) in [6.07, 6.45) is 3.46. The molecule has 3 aromatic heterocycles. The van der Waals surface area contributed by atoms with Gasteiger partial charge in [-0.25, -0.2) is 4.98 Å². The summed E-state index contributed by atoms with van der Waals surface area (Å²) in [7, 11) is 0. The van der Waals surface area contributed by atoms with E-state index in [0.29, 0.717) is 30.2 Å². The second-order valence-electron chi connectivity index (χ2n) is 7.09. The first-order chi connectivity index (χ1) is 14.2. The van der Waals surface area contributed by atoms with E-state index in [1.807, 2.05) is 40.6 Å². The lowest BCUT2D eigenvalue weighted by Crippen LogP contribution is -2.48. The number of hydrogen-bond acceptors (Lipinski definition) is 6. The molecule has 0 atom stereocenters. The van der Waals surface area contributed by atoms with Crippen molar-refractivity contribution < 1.29 is 4.79 Å². The predicted molar refractivity (Wildman–Crippen MR) is 112 cm³/mol. The number of hydrogen-bond donors (Lipinski definition) is 0. The van der Waals surface area contributed by atoms with Gasteiger partial charge in [-0.3, -0.25) is 23.9 Å². The van der Waals surface area contributed by atoms with E-state index in [4.69, 9.17) is 0 Å². The van der Waals surface area contributed by atoms with E-state index in [9.17, 15) is 9.59 Å². The molecule has 0 unspecified atom stereocenters. The van der Waals surface area contributed by atoms with Crippen LogP contribution in [-0.2, 0) is 6.54 Å². The highest BCUT2D eigenvalue weighted by Crippen LogP contribution is 2.19. The number of fused-ring (bicyclic) bond motifs is 2. The summed E-state index contributed by atoms with van der Waals surface area (Å²) in [6, 6.07) is 11.2. The van der Waals surface area contributed by atoms with Gasteiger partial charge in [0, 0.05) is 62.0 Å². The molecule has 8 heteroatoms. The van der Waals surface area contributed by atoms with E-state index in [-0.39, 0.29) is 11.5 Å². The van der Waals surface area contributed by atoms with Crippen LogP contribution in [0.3, 0.4) is 0 Å². The van der Waals surface area contributed by atoms with Gasteiger partial charge in [0.2, 0.25) is 0 Å². The van der Waals surface area contributed by atoms with Crippen LogP contribution in [-0.4, -0.2) is 56.3 Å². The molecule has 29 heavy (non-hydrogen) atoms. The van der Waals surface area contributed by atoms with Gasteiger partial charge in [0.1, 0.15) is 0 Å². The lowest BCUT2D eigenvalue weighted by Gasteiger charge is -2.34. The Bertz CT molecular complexity index is 1250. The minimum absolute atomic E-state index is 0.0188. The summed E-state index contributed by atoms with van der Waals surface area (Å²) >= 11 is 1.45. The lowest BCUT2D eigenvalue weighted by atomic mass is 10.1. The number of amides is 1. The molecule has 0 N–H and O–H groups in total. The number of aromatic nitrogens is 3. The van der Waals surface area contributed by atoms with Crippen LogP contribution in [0.1, 0.15) is 16.1 Å². The van der Waals surface area contributed by atoms with Crippen molar-refractivity contribution in [1.82, 2.24) is 24.2 Å². The highest BCUT2D eigenvalue weighted by Gasteiger charge is 2.24. The number of thiazole rings is 1. The Morgan fingerprint density at radius 2 is 1.93 bits per heavy atom. The summed E-state index contributed by atoms with van der Waals surface area (Å²) in [5.74, 6) is 0.0188. The number of piperazine rings is 1. The molecule has 0 saturated carbocycles. The standard InChI is InChI=1S/C21H19N5O2S/c27-18-13-16(23-21-26(18)11-12-29-21)14-24-7-9-25(10-8-24)20(28)17-5-1-3-15-4-2-6-22-19(15)17/h1-6,11-13H,7-10,14H2. The zero-order valence-corrected chi connectivity index (χ0v) is 16.5. The highest BCUT2D eigenvalue weighted by atomic mass is 32.1. The second-order valence-corrected chi connectivity index (χ2v) is 7.96. The van der Waals surface area contributed by atoms with Crippen molar-refractivity contribution in [1.29, 1.82) is 0 Å². The molecule has 0 bridgehead atoms. The van der Waals surface area contributed by atoms with Crippen molar-refractivity contribution in [2.45, 2.75) is 6.54 Å². The Hall–Kier alpha value is -3.10. The molecule has 1 amide bonds. The lowest BCUT2D eigenvalue weighted by molar-refractivity contribution is 0.0629. The third kappa shape index (κ3) is 3.41. The van der Waals surface area contributed by atoms with Crippen molar-refractivity contribution in [3.63, 3.8) is 0 Å². The number of nitrogens with zero attached hydrogens (tertiary/aromatic N) is 5. The molecule has 1 aromatic carbocycles. The van der Waals surface area contributed by atoms with Crippen LogP contribution in [0.25, 0.3) is 15.9 Å². The molecule has 1 saturated heterocycles. The van der Waals surface area contributed by atoms with Crippen LogP contribution in [0.5, 0.6) is 0 Å². The fraction of sp³-hybridized carbons (Fsp3) is 0.238. The molecule has 5 rings (SSSR count). The van der Waals surface area contributed by atoms with Gasteiger partial charge in [0.25, 0.3) is 11.5 Å². The van der Waals surface area contributed by atoms with Crippen molar-refractivity contribution in [3.05, 3.63) is 75.8 Å². The third-order valence-electron chi connectivity index (χ3n) is 5.26. The predicted octanol–water partition coefficient (Wildman–Crippen LogP) is 2.26. The van der Waals surface area contributed by atoms with Gasteiger partial charge in [-0.05, 0) is 12.1 Å². The number of pyridine rings is 1. The van der Waals surface area contributed by atoms with Gasteiger partial charge in [-0.15, -0.1) is 11.3 Å². The van der Waals surface area contributed by atoms with Gasteiger partial charge >= 0.3 is 0 Å². The average molecular weight is 405 g/mol. The SMILES string of the molecule is O=C(c1cccc2cccnc12)N1CCN(Cc2cc(=O)n3ccsc3n2)CC1. The van der Waals surface area contributed by atoms with Crippen LogP contribution in [0.2, 0.25) is 0 Å². The van der Waals surface area contributed by atoms with Gasteiger partial charge < -0.3 is 4.90 Å². The molecule has 0 spiro atoms. The molecule has 1 fully saturated rings. The van der Waals surface area contributed by atoms with E-state index < -0.39 is 0 Å². The Balaban J connectivity index is 1.28. The van der Waals surface area contributed by atoms with Gasteiger partial charge in [-0.1, -0.05) is 18.2 Å². The zero-order chi connectivity index (χ0) is 19.8. The van der Waals surface area contributed by atoms with Crippen molar-refractivity contribution in [2.75, 3.05) is 26.2 Å². The minimum Gasteiger partial charge on any atom is -0.336 e. The van der Waals surface area contributed by atoms with Crippen LogP contribution >= 0.6 is 11.3 Å². The van der Waals surface area contributed by atoms with Gasteiger partial charge in [0.15, 0.2) is 4.96 Å². The van der Waals surface area contributed by atoms with Gasteiger partial charge in [0.05, 0.1) is 16.8 Å². The normalized spacial score (nSPS) is 15.2. The Morgan fingerprint density at radius 3 is 2.79 bits per heavy atom. The molecule has 1 aliphatic rings. The van der Waals surface area contributed by atoms with Crippen molar-refractivity contribution in [3.8, 4) is 0 Å². The summed E-state index contributed by atoms with van der Waals surface area (Å²) in [6.45, 7) is 3.39. The fourth-order valence-electron chi connectivity index (χ4n) is 3.75. The molecule has 0 radical (unpaired) electrons. The quantitative estimate of drug-likeness (QED) is 0.523. The highest BCUT2D eigenvalue weighted by molar-refractivity contribution is 7.15. The molecule has 7 nitrogen and oxygen atoms in total. The van der Waals surface area contributed by atoms with Crippen molar-refractivity contribution in [2.24, 2.45) is 0 Å². The largest absolute Gasteiger partial charge is 0.336 e. The number of benzene rings is 1. The Morgan fingerprint density at radius 1 is 1.10 bits per heavy atom. The molecule has 4 heterocycles. The van der Waals surface area contributed by atoms with Crippen LogP contribution < -0.4 is 5.56 Å². The third-order valence-corrected chi connectivity index (χ3v) is 6.02. The first-order valence-electron chi connectivity index (χ1n) is 9.50. The summed E-state index contributed by atoms with van der Waals surface area (Å²) in [5.41, 5.74) is 2.12. The zero-order valence-electron chi connectivity index (χ0n) is 15.7. The van der Waals surface area contributed by atoms with E-state index in [1.165, 1.54) is 11.3 Å². The summed E-state index contributed by atoms with van der Waals surface area (Å²) < 4.78 is 1.56. The number of carbonyl (C=O) groups excluding carboxylic acids is 1. The van der Waals surface area contributed by atoms with E-state index >= 15 is 0 Å². The second kappa shape index (κ2) is 7.38. The molecule has 1 aliphatic heterocycles. The Labute approximate surface area is 170 Å². The summed E-state index contributed by atoms with van der Waals surface area (Å²) in [4.78, 5) is 39.0. The van der Waals surface area contributed by atoms with E-state index in [1.54, 1.807) is 22.9 Å². The van der Waals surface area contributed by atoms with Crippen LogP contribution in [0.4, 0.5) is 0 Å². The molecule has 146 valence electrons. The topological polar surface area (TPSA) is 70.8 Å². The maximum Gasteiger partial charge on any atom is 0.258 e. The van der Waals surface area contributed by atoms with Gasteiger partial charge in [-0.2, -0.15) is 0 Å². The van der Waals surface area contributed by atoms with E-state index in [2.05, 4.69) is 14.9 Å². The summed E-state index contributed by atoms with van der Waals surface area (Å²) in [5, 5.41) is 2.83. The number of para-hydroxylation sites is 1. The fourth-order valence-corrected chi connectivity index (χ4v) is 4.49. The van der Waals surface area contributed by atoms with Crippen molar-refractivity contribution >= 4 is 33.1 Å². The maximum absolute atomic E-state index is 13.1. The molecule has 0 aliphatic carbocycles. The maximum atomic E-state index is 13.1. The molecule has 4 aromatic rings. The van der Waals surface area contributed by atoms with E-state index in [0.717, 1.165) is 29.7 Å². The minimum atomic E-state index is -0.0523. The average Bonchev–Trinajstić information content (AvgIpc) is 3.23.